The van der Waals surface area contributed by atoms with Crippen LogP contribution in [-0.4, -0.2) is 18.1 Å². The van der Waals surface area contributed by atoms with Crippen molar-refractivity contribution in [3.05, 3.63) is 18.3 Å². The van der Waals surface area contributed by atoms with Crippen molar-refractivity contribution in [3.8, 4) is 0 Å². The summed E-state index contributed by atoms with van der Waals surface area (Å²) >= 11 is 0. The van der Waals surface area contributed by atoms with Crippen LogP contribution < -0.4 is 10.6 Å². The molecule has 1 aromatic heterocycles. The molecule has 16 heavy (non-hydrogen) atoms. The number of nitrogens with zero attached hydrogens (tertiary/aromatic N) is 2. The van der Waals surface area contributed by atoms with Crippen molar-refractivity contribution in [2.24, 2.45) is 11.3 Å². The highest BCUT2D eigenvalue weighted by Gasteiger charge is 2.32. The molecule has 1 aliphatic rings. The van der Waals surface area contributed by atoms with E-state index in [9.17, 15) is 0 Å². The Labute approximate surface area is 97.7 Å². The van der Waals surface area contributed by atoms with Crippen molar-refractivity contribution in [2.45, 2.75) is 27.2 Å². The van der Waals surface area contributed by atoms with E-state index in [1.54, 1.807) is 6.20 Å². The van der Waals surface area contributed by atoms with Crippen LogP contribution in [-0.2, 0) is 0 Å². The number of nitrogens with two attached hydrogens (primary N) is 1. The number of rotatable bonds is 1. The molecule has 3 heteroatoms. The SMILES string of the molecule is CC(C)(C)C1CCN(c2ccc(N)cn2)C1. The summed E-state index contributed by atoms with van der Waals surface area (Å²) in [6.45, 7) is 9.17. The van der Waals surface area contributed by atoms with Crippen LogP contribution in [0, 0.1) is 11.3 Å². The van der Waals surface area contributed by atoms with E-state index >= 15 is 0 Å². The Hall–Kier alpha value is -1.25. The Balaban J connectivity index is 2.06. The zero-order chi connectivity index (χ0) is 11.8. The van der Waals surface area contributed by atoms with Crippen molar-refractivity contribution in [1.82, 2.24) is 4.98 Å². The molecule has 0 radical (unpaired) electrons. The third-order valence-corrected chi connectivity index (χ3v) is 3.51. The van der Waals surface area contributed by atoms with Crippen molar-refractivity contribution < 1.29 is 0 Å². The first kappa shape index (κ1) is 11.2. The average Bonchev–Trinajstić information content (AvgIpc) is 2.67. The Morgan fingerprint density at radius 2 is 2.12 bits per heavy atom. The third kappa shape index (κ3) is 2.29. The predicted octanol–water partition coefficient (Wildman–Crippen LogP) is 2.54. The van der Waals surface area contributed by atoms with Crippen LogP contribution in [0.3, 0.4) is 0 Å². The number of pyridine rings is 1. The molecule has 2 heterocycles. The Kier molecular flexibility index (Phi) is 2.78. The fourth-order valence-electron chi connectivity index (χ4n) is 2.26. The van der Waals surface area contributed by atoms with Gasteiger partial charge < -0.3 is 10.6 Å². The van der Waals surface area contributed by atoms with Crippen LogP contribution in [0.5, 0.6) is 0 Å². The van der Waals surface area contributed by atoms with Gasteiger partial charge in [0, 0.05) is 13.1 Å². The molecule has 0 saturated carbocycles. The standard InChI is InChI=1S/C13H21N3/c1-13(2,3)10-6-7-16(9-10)12-5-4-11(14)8-15-12/h4-5,8,10H,6-7,9,14H2,1-3H3. The van der Waals surface area contributed by atoms with Crippen molar-refractivity contribution in [3.63, 3.8) is 0 Å². The van der Waals surface area contributed by atoms with Gasteiger partial charge in [-0.15, -0.1) is 0 Å². The second-order valence-corrected chi connectivity index (χ2v) is 5.75. The molecule has 0 amide bonds. The molecular weight excluding hydrogens is 198 g/mol. The van der Waals surface area contributed by atoms with Crippen LogP contribution in [0.15, 0.2) is 18.3 Å². The largest absolute Gasteiger partial charge is 0.397 e. The van der Waals surface area contributed by atoms with Crippen molar-refractivity contribution in [1.29, 1.82) is 0 Å². The molecule has 1 unspecified atom stereocenters. The van der Waals surface area contributed by atoms with Gasteiger partial charge in [-0.2, -0.15) is 0 Å². The average molecular weight is 219 g/mol. The molecule has 3 nitrogen and oxygen atoms in total. The summed E-state index contributed by atoms with van der Waals surface area (Å²) in [5.74, 6) is 1.81. The lowest BCUT2D eigenvalue weighted by atomic mass is 9.80. The summed E-state index contributed by atoms with van der Waals surface area (Å²) in [5.41, 5.74) is 6.76. The highest BCUT2D eigenvalue weighted by atomic mass is 15.2. The first-order valence-corrected chi connectivity index (χ1v) is 5.93. The first-order valence-electron chi connectivity index (χ1n) is 5.93. The lowest BCUT2D eigenvalue weighted by Crippen LogP contribution is -2.26. The van der Waals surface area contributed by atoms with Gasteiger partial charge in [-0.1, -0.05) is 20.8 Å². The Bertz CT molecular complexity index is 350. The second-order valence-electron chi connectivity index (χ2n) is 5.75. The normalized spacial score (nSPS) is 21.4. The zero-order valence-electron chi connectivity index (χ0n) is 10.4. The molecule has 0 bridgehead atoms. The summed E-state index contributed by atoms with van der Waals surface area (Å²) in [4.78, 5) is 6.73. The topological polar surface area (TPSA) is 42.1 Å². The van der Waals surface area contributed by atoms with Gasteiger partial charge in [0.1, 0.15) is 5.82 Å². The van der Waals surface area contributed by atoms with E-state index in [-0.39, 0.29) is 0 Å². The van der Waals surface area contributed by atoms with E-state index in [2.05, 4.69) is 30.7 Å². The minimum atomic E-state index is 0.391. The molecule has 1 atom stereocenters. The molecule has 0 aliphatic carbocycles. The lowest BCUT2D eigenvalue weighted by Gasteiger charge is -2.27. The lowest BCUT2D eigenvalue weighted by molar-refractivity contribution is 0.263. The molecule has 1 aromatic rings. The Morgan fingerprint density at radius 3 is 2.62 bits per heavy atom. The molecule has 0 aromatic carbocycles. The molecule has 2 rings (SSSR count). The van der Waals surface area contributed by atoms with Crippen LogP contribution >= 0.6 is 0 Å². The summed E-state index contributed by atoms with van der Waals surface area (Å²) in [5, 5.41) is 0. The van der Waals surface area contributed by atoms with Gasteiger partial charge in [0.2, 0.25) is 0 Å². The maximum absolute atomic E-state index is 5.64. The monoisotopic (exact) mass is 219 g/mol. The third-order valence-electron chi connectivity index (χ3n) is 3.51. The maximum Gasteiger partial charge on any atom is 0.128 e. The van der Waals surface area contributed by atoms with E-state index in [0.29, 0.717) is 5.41 Å². The van der Waals surface area contributed by atoms with Crippen molar-refractivity contribution in [2.75, 3.05) is 23.7 Å². The molecule has 0 spiro atoms. The number of hydrogen-bond donors (Lipinski definition) is 1. The number of aromatic nitrogens is 1. The summed E-state index contributed by atoms with van der Waals surface area (Å²) in [6.07, 6.45) is 3.00. The Morgan fingerprint density at radius 1 is 1.38 bits per heavy atom. The van der Waals surface area contributed by atoms with Gasteiger partial charge in [0.25, 0.3) is 0 Å². The molecule has 1 saturated heterocycles. The molecule has 1 fully saturated rings. The van der Waals surface area contributed by atoms with E-state index < -0.39 is 0 Å². The van der Waals surface area contributed by atoms with Gasteiger partial charge in [-0.05, 0) is 29.9 Å². The first-order chi connectivity index (χ1) is 7.47. The predicted molar refractivity (Wildman–Crippen MR) is 68.4 cm³/mol. The van der Waals surface area contributed by atoms with Crippen LogP contribution in [0.25, 0.3) is 0 Å². The fourth-order valence-corrected chi connectivity index (χ4v) is 2.26. The zero-order valence-corrected chi connectivity index (χ0v) is 10.4. The number of nitrogen functional groups attached to an aromatic ring is 1. The van der Waals surface area contributed by atoms with Crippen LogP contribution in [0.2, 0.25) is 0 Å². The summed E-state index contributed by atoms with van der Waals surface area (Å²) in [7, 11) is 0. The smallest absolute Gasteiger partial charge is 0.128 e. The van der Waals surface area contributed by atoms with Gasteiger partial charge in [-0.3, -0.25) is 0 Å². The minimum Gasteiger partial charge on any atom is -0.397 e. The van der Waals surface area contributed by atoms with Crippen molar-refractivity contribution >= 4 is 11.5 Å². The van der Waals surface area contributed by atoms with Gasteiger partial charge in [-0.25, -0.2) is 4.98 Å². The number of anilines is 2. The quantitative estimate of drug-likeness (QED) is 0.789. The van der Waals surface area contributed by atoms with Gasteiger partial charge in [0.05, 0.1) is 11.9 Å². The minimum absolute atomic E-state index is 0.391. The van der Waals surface area contributed by atoms with Gasteiger partial charge in [0.15, 0.2) is 0 Å². The highest BCUT2D eigenvalue weighted by Crippen LogP contribution is 2.35. The summed E-state index contributed by atoms with van der Waals surface area (Å²) in [6, 6.07) is 3.94. The van der Waals surface area contributed by atoms with E-state index in [0.717, 1.165) is 30.5 Å². The van der Waals surface area contributed by atoms with Gasteiger partial charge >= 0.3 is 0 Å². The summed E-state index contributed by atoms with van der Waals surface area (Å²) < 4.78 is 0. The number of hydrogen-bond acceptors (Lipinski definition) is 3. The molecule has 1 aliphatic heterocycles. The second kappa shape index (κ2) is 3.96. The molecule has 2 N–H and O–H groups in total. The maximum atomic E-state index is 5.64. The highest BCUT2D eigenvalue weighted by molar-refractivity contribution is 5.46. The van der Waals surface area contributed by atoms with Crippen LogP contribution in [0.1, 0.15) is 27.2 Å². The molecular formula is C13H21N3. The fraction of sp³-hybridized carbons (Fsp3) is 0.615. The van der Waals surface area contributed by atoms with E-state index in [1.807, 2.05) is 12.1 Å². The van der Waals surface area contributed by atoms with E-state index in [4.69, 9.17) is 5.73 Å². The molecule has 88 valence electrons. The van der Waals surface area contributed by atoms with E-state index in [1.165, 1.54) is 6.42 Å². The van der Waals surface area contributed by atoms with Crippen LogP contribution in [0.4, 0.5) is 11.5 Å².